The molecule has 0 aliphatic heterocycles. The molecule has 0 unspecified atom stereocenters. The quantitative estimate of drug-likeness (QED) is 0.622. The van der Waals surface area contributed by atoms with Crippen LogP contribution in [0.5, 0.6) is 0 Å². The second-order valence-corrected chi connectivity index (χ2v) is 7.65. The van der Waals surface area contributed by atoms with Crippen LogP contribution < -0.4 is 0 Å². The Morgan fingerprint density at radius 2 is 1.92 bits per heavy atom. The van der Waals surface area contributed by atoms with E-state index in [1.165, 1.54) is 11.3 Å². The average molecular weight is 350 g/mol. The molecule has 2 aromatic heterocycles. The molecule has 0 saturated heterocycles. The lowest BCUT2D eigenvalue weighted by atomic mass is 10.2. The zero-order valence-electron chi connectivity index (χ0n) is 14.2. The van der Waals surface area contributed by atoms with E-state index in [4.69, 9.17) is 0 Å². The number of thiophene rings is 1. The number of aromatic nitrogens is 1. The van der Waals surface area contributed by atoms with E-state index in [0.717, 1.165) is 24.3 Å². The van der Waals surface area contributed by atoms with Gasteiger partial charge >= 0.3 is 0 Å². The molecule has 128 valence electrons. The van der Waals surface area contributed by atoms with Gasteiger partial charge in [0.25, 0.3) is 0 Å². The Kier molecular flexibility index (Phi) is 4.70. The number of amides is 1. The lowest BCUT2D eigenvalue weighted by molar-refractivity contribution is -0.131. The van der Waals surface area contributed by atoms with Crippen molar-refractivity contribution >= 4 is 17.2 Å². The van der Waals surface area contributed by atoms with E-state index in [9.17, 15) is 4.79 Å². The molecule has 3 aromatic rings. The molecule has 0 radical (unpaired) electrons. The van der Waals surface area contributed by atoms with Gasteiger partial charge in [-0.15, -0.1) is 11.3 Å². The summed E-state index contributed by atoms with van der Waals surface area (Å²) in [4.78, 5) is 16.0. The van der Waals surface area contributed by atoms with Gasteiger partial charge in [-0.05, 0) is 42.0 Å². The van der Waals surface area contributed by atoms with E-state index in [0.29, 0.717) is 19.0 Å². The summed E-state index contributed by atoms with van der Waals surface area (Å²) in [5, 5.41) is 2.04. The molecule has 1 aliphatic carbocycles. The first-order valence-corrected chi connectivity index (χ1v) is 9.67. The minimum Gasteiger partial charge on any atom is -0.345 e. The fourth-order valence-corrected chi connectivity index (χ4v) is 3.87. The summed E-state index contributed by atoms with van der Waals surface area (Å²) in [6.45, 7) is 1.55. The van der Waals surface area contributed by atoms with Crippen LogP contribution in [0, 0.1) is 0 Å². The minimum atomic E-state index is 0.248. The monoisotopic (exact) mass is 350 g/mol. The molecule has 0 bridgehead atoms. The molecular weight excluding hydrogens is 328 g/mol. The minimum absolute atomic E-state index is 0.248. The second kappa shape index (κ2) is 7.28. The van der Waals surface area contributed by atoms with Crippen LogP contribution in [0.4, 0.5) is 0 Å². The van der Waals surface area contributed by atoms with Crippen molar-refractivity contribution in [2.75, 3.05) is 0 Å². The van der Waals surface area contributed by atoms with Gasteiger partial charge < -0.3 is 9.47 Å². The van der Waals surface area contributed by atoms with Crippen molar-refractivity contribution in [1.82, 2.24) is 9.47 Å². The van der Waals surface area contributed by atoms with E-state index in [1.54, 1.807) is 11.3 Å². The zero-order chi connectivity index (χ0) is 17.1. The summed E-state index contributed by atoms with van der Waals surface area (Å²) in [5.41, 5.74) is 2.48. The zero-order valence-corrected chi connectivity index (χ0v) is 15.0. The lowest BCUT2D eigenvalue weighted by Crippen LogP contribution is -2.34. The van der Waals surface area contributed by atoms with Gasteiger partial charge in [-0.2, -0.15) is 0 Å². The maximum absolute atomic E-state index is 12.8. The number of carbonyl (C=O) groups is 1. The molecule has 0 atom stereocenters. The van der Waals surface area contributed by atoms with E-state index >= 15 is 0 Å². The van der Waals surface area contributed by atoms with E-state index in [2.05, 4.69) is 52.1 Å². The molecule has 1 aromatic carbocycles. The number of carbonyl (C=O) groups excluding carboxylic acids is 1. The van der Waals surface area contributed by atoms with Crippen molar-refractivity contribution in [3.8, 4) is 0 Å². The second-order valence-electron chi connectivity index (χ2n) is 6.62. The van der Waals surface area contributed by atoms with E-state index < -0.39 is 0 Å². The first kappa shape index (κ1) is 16.2. The molecule has 1 saturated carbocycles. The SMILES string of the molecule is O=C(Cc1cccs1)N(Cc1cccn1Cc1ccccc1)C1CC1. The van der Waals surface area contributed by atoms with Gasteiger partial charge in [-0.3, -0.25) is 4.79 Å². The Hall–Kier alpha value is -2.33. The van der Waals surface area contributed by atoms with Crippen LogP contribution in [0.3, 0.4) is 0 Å². The first-order valence-electron chi connectivity index (χ1n) is 8.79. The Morgan fingerprint density at radius 3 is 2.64 bits per heavy atom. The average Bonchev–Trinajstić information content (AvgIpc) is 3.16. The van der Waals surface area contributed by atoms with Crippen LogP contribution in [0.2, 0.25) is 0 Å². The highest BCUT2D eigenvalue weighted by Crippen LogP contribution is 2.29. The molecule has 4 heteroatoms. The van der Waals surface area contributed by atoms with Gasteiger partial charge in [0.2, 0.25) is 5.91 Å². The van der Waals surface area contributed by atoms with E-state index in [1.807, 2.05) is 23.6 Å². The molecular formula is C21H22N2OS. The van der Waals surface area contributed by atoms with Crippen molar-refractivity contribution in [3.05, 3.63) is 82.3 Å². The van der Waals surface area contributed by atoms with Crippen LogP contribution in [0.1, 0.15) is 29.0 Å². The molecule has 25 heavy (non-hydrogen) atoms. The Balaban J connectivity index is 1.48. The molecule has 3 nitrogen and oxygen atoms in total. The third-order valence-electron chi connectivity index (χ3n) is 4.67. The van der Waals surface area contributed by atoms with Gasteiger partial charge in [-0.1, -0.05) is 36.4 Å². The highest BCUT2D eigenvalue weighted by molar-refractivity contribution is 7.10. The molecule has 1 fully saturated rings. The van der Waals surface area contributed by atoms with Gasteiger partial charge in [0.1, 0.15) is 0 Å². The smallest absolute Gasteiger partial charge is 0.228 e. The highest BCUT2D eigenvalue weighted by Gasteiger charge is 2.33. The third kappa shape index (κ3) is 4.02. The summed E-state index contributed by atoms with van der Waals surface area (Å²) in [5.74, 6) is 0.248. The van der Waals surface area contributed by atoms with Crippen molar-refractivity contribution < 1.29 is 4.79 Å². The number of hydrogen-bond donors (Lipinski definition) is 0. The first-order chi connectivity index (χ1) is 12.3. The van der Waals surface area contributed by atoms with Gasteiger partial charge in [0.05, 0.1) is 13.0 Å². The maximum Gasteiger partial charge on any atom is 0.228 e. The normalized spacial score (nSPS) is 13.8. The summed E-state index contributed by atoms with van der Waals surface area (Å²) >= 11 is 1.66. The fourth-order valence-electron chi connectivity index (χ4n) is 3.17. The standard InChI is InChI=1S/C21H22N2OS/c24-21(14-20-9-5-13-25-20)23(18-10-11-18)16-19-8-4-12-22(19)15-17-6-2-1-3-7-17/h1-9,12-13,18H,10-11,14-16H2. The summed E-state index contributed by atoms with van der Waals surface area (Å²) in [6, 6.07) is 19.2. The number of nitrogens with zero attached hydrogens (tertiary/aromatic N) is 2. The van der Waals surface area contributed by atoms with Crippen molar-refractivity contribution in [3.63, 3.8) is 0 Å². The molecule has 0 N–H and O–H groups in total. The van der Waals surface area contributed by atoms with Crippen LogP contribution in [-0.4, -0.2) is 21.4 Å². The molecule has 2 heterocycles. The van der Waals surface area contributed by atoms with Crippen LogP contribution >= 0.6 is 11.3 Å². The number of hydrogen-bond acceptors (Lipinski definition) is 2. The van der Waals surface area contributed by atoms with Gasteiger partial charge in [0, 0.05) is 29.4 Å². The fraction of sp³-hybridized carbons (Fsp3) is 0.286. The number of benzene rings is 1. The summed E-state index contributed by atoms with van der Waals surface area (Å²) in [7, 11) is 0. The molecule has 1 amide bonds. The summed E-state index contributed by atoms with van der Waals surface area (Å²) < 4.78 is 2.25. The van der Waals surface area contributed by atoms with Crippen LogP contribution in [-0.2, 0) is 24.3 Å². The predicted molar refractivity (Wildman–Crippen MR) is 102 cm³/mol. The highest BCUT2D eigenvalue weighted by atomic mass is 32.1. The van der Waals surface area contributed by atoms with Crippen LogP contribution in [0.15, 0.2) is 66.2 Å². The van der Waals surface area contributed by atoms with Crippen molar-refractivity contribution in [2.24, 2.45) is 0 Å². The largest absolute Gasteiger partial charge is 0.345 e. The van der Waals surface area contributed by atoms with Crippen molar-refractivity contribution in [1.29, 1.82) is 0 Å². The van der Waals surface area contributed by atoms with Gasteiger partial charge in [-0.25, -0.2) is 0 Å². The summed E-state index contributed by atoms with van der Waals surface area (Å²) in [6.07, 6.45) is 4.90. The lowest BCUT2D eigenvalue weighted by Gasteiger charge is -2.23. The van der Waals surface area contributed by atoms with Crippen molar-refractivity contribution in [2.45, 2.75) is 38.4 Å². The Morgan fingerprint density at radius 1 is 1.08 bits per heavy atom. The molecule has 0 spiro atoms. The van der Waals surface area contributed by atoms with E-state index in [-0.39, 0.29) is 5.91 Å². The van der Waals surface area contributed by atoms with Crippen LogP contribution in [0.25, 0.3) is 0 Å². The topological polar surface area (TPSA) is 25.2 Å². The third-order valence-corrected chi connectivity index (χ3v) is 5.54. The number of rotatable bonds is 7. The Bertz CT molecular complexity index is 819. The molecule has 4 rings (SSSR count). The maximum atomic E-state index is 12.8. The van der Waals surface area contributed by atoms with Gasteiger partial charge in [0.15, 0.2) is 0 Å². The Labute approximate surface area is 152 Å². The molecule has 1 aliphatic rings. The predicted octanol–water partition coefficient (Wildman–Crippen LogP) is 4.33.